The molecule has 0 spiro atoms. The van der Waals surface area contributed by atoms with Crippen molar-refractivity contribution in [2.45, 2.75) is 6.54 Å². The zero-order chi connectivity index (χ0) is 13.0. The first-order chi connectivity index (χ1) is 8.68. The summed E-state index contributed by atoms with van der Waals surface area (Å²) in [7, 11) is 0. The van der Waals surface area contributed by atoms with Crippen LogP contribution in [0.2, 0.25) is 0 Å². The van der Waals surface area contributed by atoms with Gasteiger partial charge in [0, 0.05) is 12.2 Å². The SMILES string of the molecule is Nc1ccccc1CNC(=O)c1ccccc1F. The number of carbonyl (C=O) groups is 1. The fourth-order valence-corrected chi connectivity index (χ4v) is 1.61. The Hall–Kier alpha value is -2.36. The highest BCUT2D eigenvalue weighted by Gasteiger charge is 2.10. The van der Waals surface area contributed by atoms with Crippen LogP contribution in [0.3, 0.4) is 0 Å². The van der Waals surface area contributed by atoms with Gasteiger partial charge in [-0.15, -0.1) is 0 Å². The highest BCUT2D eigenvalue weighted by Crippen LogP contribution is 2.11. The smallest absolute Gasteiger partial charge is 0.254 e. The van der Waals surface area contributed by atoms with Gasteiger partial charge < -0.3 is 11.1 Å². The Labute approximate surface area is 104 Å². The predicted octanol–water partition coefficient (Wildman–Crippen LogP) is 2.34. The molecular formula is C14H13FN2O. The lowest BCUT2D eigenvalue weighted by Gasteiger charge is -2.08. The second-order valence-electron chi connectivity index (χ2n) is 3.86. The van der Waals surface area contributed by atoms with E-state index in [1.54, 1.807) is 18.2 Å². The fourth-order valence-electron chi connectivity index (χ4n) is 1.61. The number of nitrogens with two attached hydrogens (primary N) is 1. The molecule has 92 valence electrons. The molecule has 0 fully saturated rings. The van der Waals surface area contributed by atoms with E-state index < -0.39 is 11.7 Å². The zero-order valence-electron chi connectivity index (χ0n) is 9.69. The van der Waals surface area contributed by atoms with Crippen molar-refractivity contribution in [3.63, 3.8) is 0 Å². The normalized spacial score (nSPS) is 10.1. The van der Waals surface area contributed by atoms with Gasteiger partial charge in [-0.2, -0.15) is 0 Å². The Morgan fingerprint density at radius 1 is 1.11 bits per heavy atom. The number of carbonyl (C=O) groups excluding carboxylic acids is 1. The van der Waals surface area contributed by atoms with E-state index >= 15 is 0 Å². The van der Waals surface area contributed by atoms with Crippen LogP contribution in [0.5, 0.6) is 0 Å². The lowest BCUT2D eigenvalue weighted by molar-refractivity contribution is 0.0947. The highest BCUT2D eigenvalue weighted by molar-refractivity contribution is 5.94. The van der Waals surface area contributed by atoms with Crippen LogP contribution >= 0.6 is 0 Å². The molecule has 0 atom stereocenters. The van der Waals surface area contributed by atoms with Crippen LogP contribution < -0.4 is 11.1 Å². The molecule has 0 aromatic heterocycles. The van der Waals surface area contributed by atoms with Crippen molar-refractivity contribution >= 4 is 11.6 Å². The van der Waals surface area contributed by atoms with Crippen molar-refractivity contribution in [2.75, 3.05) is 5.73 Å². The molecule has 0 radical (unpaired) electrons. The number of rotatable bonds is 3. The Morgan fingerprint density at radius 2 is 1.78 bits per heavy atom. The number of amides is 1. The number of hydrogen-bond donors (Lipinski definition) is 2. The fraction of sp³-hybridized carbons (Fsp3) is 0.0714. The topological polar surface area (TPSA) is 55.1 Å². The summed E-state index contributed by atoms with van der Waals surface area (Å²) in [6.45, 7) is 0.278. The maximum Gasteiger partial charge on any atom is 0.254 e. The number of halogens is 1. The number of anilines is 1. The summed E-state index contributed by atoms with van der Waals surface area (Å²) in [5.41, 5.74) is 7.19. The Bertz CT molecular complexity index is 569. The van der Waals surface area contributed by atoms with Crippen molar-refractivity contribution in [3.05, 3.63) is 65.5 Å². The van der Waals surface area contributed by atoms with Crippen molar-refractivity contribution in [1.82, 2.24) is 5.32 Å². The van der Waals surface area contributed by atoms with E-state index in [4.69, 9.17) is 5.73 Å². The predicted molar refractivity (Wildman–Crippen MR) is 68.4 cm³/mol. The second-order valence-corrected chi connectivity index (χ2v) is 3.86. The van der Waals surface area contributed by atoms with Crippen LogP contribution in [-0.2, 0) is 6.54 Å². The molecule has 2 rings (SSSR count). The van der Waals surface area contributed by atoms with Crippen LogP contribution in [0.1, 0.15) is 15.9 Å². The minimum atomic E-state index is -0.531. The van der Waals surface area contributed by atoms with Gasteiger partial charge in [0.2, 0.25) is 0 Å². The summed E-state index contributed by atoms with van der Waals surface area (Å²) in [5, 5.41) is 2.64. The van der Waals surface area contributed by atoms with Gasteiger partial charge in [-0.3, -0.25) is 4.79 Å². The molecule has 0 saturated heterocycles. The van der Waals surface area contributed by atoms with Gasteiger partial charge in [0.15, 0.2) is 0 Å². The van der Waals surface area contributed by atoms with Gasteiger partial charge in [-0.05, 0) is 23.8 Å². The Kier molecular flexibility index (Phi) is 3.57. The van der Waals surface area contributed by atoms with Crippen LogP contribution in [0.25, 0.3) is 0 Å². The standard InChI is InChI=1S/C14H13FN2O/c15-12-7-3-2-6-11(12)14(18)17-9-10-5-1-4-8-13(10)16/h1-8H,9,16H2,(H,17,18). The van der Waals surface area contributed by atoms with Gasteiger partial charge in [0.1, 0.15) is 5.82 Å². The first-order valence-electron chi connectivity index (χ1n) is 5.54. The molecule has 0 bridgehead atoms. The number of para-hydroxylation sites is 1. The van der Waals surface area contributed by atoms with E-state index in [0.29, 0.717) is 5.69 Å². The molecule has 18 heavy (non-hydrogen) atoms. The monoisotopic (exact) mass is 244 g/mol. The maximum absolute atomic E-state index is 13.4. The Morgan fingerprint density at radius 3 is 2.50 bits per heavy atom. The molecule has 3 N–H and O–H groups in total. The van der Waals surface area contributed by atoms with E-state index in [9.17, 15) is 9.18 Å². The Balaban J connectivity index is 2.06. The van der Waals surface area contributed by atoms with Crippen LogP contribution in [0.4, 0.5) is 10.1 Å². The van der Waals surface area contributed by atoms with Gasteiger partial charge in [0.05, 0.1) is 5.56 Å². The third kappa shape index (κ3) is 2.66. The molecule has 0 saturated carbocycles. The number of nitrogens with one attached hydrogen (secondary N) is 1. The molecule has 1 amide bonds. The van der Waals surface area contributed by atoms with Crippen molar-refractivity contribution in [1.29, 1.82) is 0 Å². The highest BCUT2D eigenvalue weighted by atomic mass is 19.1. The molecule has 0 aliphatic rings. The first-order valence-corrected chi connectivity index (χ1v) is 5.54. The molecule has 0 aliphatic heterocycles. The maximum atomic E-state index is 13.4. The van der Waals surface area contributed by atoms with Gasteiger partial charge in [-0.25, -0.2) is 4.39 Å². The van der Waals surface area contributed by atoms with Crippen LogP contribution in [0.15, 0.2) is 48.5 Å². The molecule has 4 heteroatoms. The van der Waals surface area contributed by atoms with E-state index in [0.717, 1.165) is 5.56 Å². The van der Waals surface area contributed by atoms with E-state index in [-0.39, 0.29) is 12.1 Å². The van der Waals surface area contributed by atoms with E-state index in [1.165, 1.54) is 12.1 Å². The lowest BCUT2D eigenvalue weighted by Crippen LogP contribution is -2.24. The second kappa shape index (κ2) is 5.31. The summed E-state index contributed by atoms with van der Waals surface area (Å²) in [6, 6.07) is 13.1. The number of hydrogen-bond acceptors (Lipinski definition) is 2. The number of benzene rings is 2. The summed E-state index contributed by atoms with van der Waals surface area (Å²) in [5.74, 6) is -0.979. The molecule has 0 unspecified atom stereocenters. The summed E-state index contributed by atoms with van der Waals surface area (Å²) >= 11 is 0. The van der Waals surface area contributed by atoms with E-state index in [1.807, 2.05) is 18.2 Å². The third-order valence-corrected chi connectivity index (χ3v) is 2.61. The van der Waals surface area contributed by atoms with Gasteiger partial charge in [-0.1, -0.05) is 30.3 Å². The molecule has 2 aromatic rings. The van der Waals surface area contributed by atoms with Crippen LogP contribution in [0, 0.1) is 5.82 Å². The third-order valence-electron chi connectivity index (χ3n) is 2.61. The quantitative estimate of drug-likeness (QED) is 0.814. The van der Waals surface area contributed by atoms with Gasteiger partial charge >= 0.3 is 0 Å². The van der Waals surface area contributed by atoms with Crippen LogP contribution in [-0.4, -0.2) is 5.91 Å². The zero-order valence-corrected chi connectivity index (χ0v) is 9.69. The molecule has 3 nitrogen and oxygen atoms in total. The summed E-state index contributed by atoms with van der Waals surface area (Å²) in [4.78, 5) is 11.8. The number of nitrogen functional groups attached to an aromatic ring is 1. The average Bonchev–Trinajstić information content (AvgIpc) is 2.38. The molecule has 2 aromatic carbocycles. The van der Waals surface area contributed by atoms with Crippen molar-refractivity contribution < 1.29 is 9.18 Å². The summed E-state index contributed by atoms with van der Waals surface area (Å²) < 4.78 is 13.4. The van der Waals surface area contributed by atoms with Crippen molar-refractivity contribution in [3.8, 4) is 0 Å². The van der Waals surface area contributed by atoms with Gasteiger partial charge in [0.25, 0.3) is 5.91 Å². The minimum absolute atomic E-state index is 0.0343. The molecule has 0 heterocycles. The first kappa shape index (κ1) is 12.1. The summed E-state index contributed by atoms with van der Waals surface area (Å²) in [6.07, 6.45) is 0. The lowest BCUT2D eigenvalue weighted by atomic mass is 10.1. The largest absolute Gasteiger partial charge is 0.398 e. The molecule has 0 aliphatic carbocycles. The molecular weight excluding hydrogens is 231 g/mol. The van der Waals surface area contributed by atoms with E-state index in [2.05, 4.69) is 5.32 Å². The van der Waals surface area contributed by atoms with Crippen molar-refractivity contribution in [2.24, 2.45) is 0 Å². The minimum Gasteiger partial charge on any atom is -0.398 e. The average molecular weight is 244 g/mol.